The van der Waals surface area contributed by atoms with Gasteiger partial charge >= 0.3 is 0 Å². The number of aryl methyl sites for hydroxylation is 1. The van der Waals surface area contributed by atoms with Crippen LogP contribution in [-0.2, 0) is 6.42 Å². The summed E-state index contributed by atoms with van der Waals surface area (Å²) >= 11 is 1.65. The Morgan fingerprint density at radius 2 is 2.30 bits per heavy atom. The van der Waals surface area contributed by atoms with Crippen LogP contribution >= 0.6 is 11.3 Å². The van der Waals surface area contributed by atoms with Gasteiger partial charge in [0.05, 0.1) is 23.2 Å². The van der Waals surface area contributed by atoms with Crippen LogP contribution in [0.5, 0.6) is 0 Å². The van der Waals surface area contributed by atoms with Crippen LogP contribution in [0.2, 0.25) is 0 Å². The maximum Gasteiger partial charge on any atom is 0.244 e. The largest absolute Gasteiger partial charge is 0.338 e. The van der Waals surface area contributed by atoms with Gasteiger partial charge in [-0.1, -0.05) is 19.0 Å². The molecule has 0 saturated carbocycles. The fourth-order valence-electron chi connectivity index (χ4n) is 2.74. The number of nitrogens with zero attached hydrogens (tertiary/aromatic N) is 3. The molecule has 20 heavy (non-hydrogen) atoms. The summed E-state index contributed by atoms with van der Waals surface area (Å²) in [4.78, 5) is 9.00. The van der Waals surface area contributed by atoms with Crippen LogP contribution in [0.3, 0.4) is 0 Å². The molecule has 1 unspecified atom stereocenters. The average molecular weight is 292 g/mol. The van der Waals surface area contributed by atoms with Crippen molar-refractivity contribution in [1.29, 1.82) is 0 Å². The van der Waals surface area contributed by atoms with Crippen molar-refractivity contribution in [3.63, 3.8) is 0 Å². The molecule has 1 fully saturated rings. The van der Waals surface area contributed by atoms with E-state index in [1.54, 1.807) is 11.3 Å². The molecule has 0 aromatic carbocycles. The average Bonchev–Trinajstić information content (AvgIpc) is 2.99. The second-order valence-corrected chi connectivity index (χ2v) is 7.12. The molecule has 3 heterocycles. The molecule has 2 aromatic rings. The van der Waals surface area contributed by atoms with E-state index in [0.717, 1.165) is 17.2 Å². The second-order valence-electron chi connectivity index (χ2n) is 6.06. The molecule has 0 spiro atoms. The molecule has 1 saturated heterocycles. The minimum absolute atomic E-state index is 0.148. The van der Waals surface area contributed by atoms with E-state index in [1.165, 1.54) is 12.8 Å². The van der Waals surface area contributed by atoms with Gasteiger partial charge in [-0.2, -0.15) is 4.98 Å². The summed E-state index contributed by atoms with van der Waals surface area (Å²) in [5.41, 5.74) is 1.16. The van der Waals surface area contributed by atoms with Gasteiger partial charge in [-0.3, -0.25) is 0 Å². The van der Waals surface area contributed by atoms with Gasteiger partial charge in [-0.25, -0.2) is 4.98 Å². The van der Waals surface area contributed by atoms with E-state index < -0.39 is 0 Å². The maximum atomic E-state index is 5.47. The number of hydrogen-bond acceptors (Lipinski definition) is 6. The third-order valence-corrected chi connectivity index (χ3v) is 4.69. The van der Waals surface area contributed by atoms with Crippen LogP contribution in [0.15, 0.2) is 9.90 Å². The van der Waals surface area contributed by atoms with Crippen molar-refractivity contribution in [3.05, 3.63) is 27.8 Å². The molecule has 1 aliphatic rings. The minimum atomic E-state index is 0.148. The number of piperidine rings is 1. The zero-order valence-electron chi connectivity index (χ0n) is 12.1. The number of hydrogen-bond donors (Lipinski definition) is 1. The standard InChI is InChI=1S/C14H20N4OS/c1-9-16-10(8-20-9)7-11-17-13(19-18-11)12-14(2,3)5-4-6-15-12/h8,12,15H,4-7H2,1-3H3. The maximum absolute atomic E-state index is 5.47. The van der Waals surface area contributed by atoms with Gasteiger partial charge in [0.25, 0.3) is 0 Å². The molecule has 0 bridgehead atoms. The van der Waals surface area contributed by atoms with E-state index >= 15 is 0 Å². The lowest BCUT2D eigenvalue weighted by Crippen LogP contribution is -2.39. The second kappa shape index (κ2) is 5.26. The van der Waals surface area contributed by atoms with Gasteiger partial charge in [-0.05, 0) is 31.7 Å². The molecule has 1 atom stereocenters. The predicted molar refractivity (Wildman–Crippen MR) is 77.7 cm³/mol. The lowest BCUT2D eigenvalue weighted by atomic mass is 9.77. The van der Waals surface area contributed by atoms with Crippen LogP contribution in [0.4, 0.5) is 0 Å². The predicted octanol–water partition coefficient (Wildman–Crippen LogP) is 2.88. The first-order chi connectivity index (χ1) is 9.54. The van der Waals surface area contributed by atoms with Crippen molar-refractivity contribution < 1.29 is 4.52 Å². The Hall–Kier alpha value is -1.27. The van der Waals surface area contributed by atoms with Crippen LogP contribution in [-0.4, -0.2) is 21.7 Å². The highest BCUT2D eigenvalue weighted by molar-refractivity contribution is 7.09. The molecule has 0 aliphatic carbocycles. The Bertz CT molecular complexity index is 590. The van der Waals surface area contributed by atoms with Crippen LogP contribution in [0, 0.1) is 12.3 Å². The number of rotatable bonds is 3. The molecule has 2 aromatic heterocycles. The molecule has 108 valence electrons. The number of nitrogens with one attached hydrogen (secondary N) is 1. The van der Waals surface area contributed by atoms with E-state index in [1.807, 2.05) is 12.3 Å². The molecule has 1 aliphatic heterocycles. The van der Waals surface area contributed by atoms with Gasteiger partial charge < -0.3 is 9.84 Å². The van der Waals surface area contributed by atoms with E-state index in [2.05, 4.69) is 34.3 Å². The molecule has 5 nitrogen and oxygen atoms in total. The third-order valence-electron chi connectivity index (χ3n) is 3.86. The Kier molecular flexibility index (Phi) is 3.60. The smallest absolute Gasteiger partial charge is 0.244 e. The highest BCUT2D eigenvalue weighted by Crippen LogP contribution is 2.39. The molecule has 0 radical (unpaired) electrons. The van der Waals surface area contributed by atoms with Crippen molar-refractivity contribution in [1.82, 2.24) is 20.4 Å². The summed E-state index contributed by atoms with van der Waals surface area (Å²) in [6.45, 7) is 7.51. The van der Waals surface area contributed by atoms with Gasteiger partial charge in [0, 0.05) is 5.38 Å². The summed E-state index contributed by atoms with van der Waals surface area (Å²) in [6, 6.07) is 0.148. The molecule has 0 amide bonds. The lowest BCUT2D eigenvalue weighted by Gasteiger charge is -2.36. The zero-order valence-corrected chi connectivity index (χ0v) is 13.0. The highest BCUT2D eigenvalue weighted by atomic mass is 32.1. The van der Waals surface area contributed by atoms with Gasteiger partial charge in [0.2, 0.25) is 5.89 Å². The Morgan fingerprint density at radius 3 is 3.00 bits per heavy atom. The van der Waals surface area contributed by atoms with Crippen LogP contribution in [0.25, 0.3) is 0 Å². The fraction of sp³-hybridized carbons (Fsp3) is 0.643. The highest BCUT2D eigenvalue weighted by Gasteiger charge is 2.36. The molecular formula is C14H20N4OS. The first-order valence-corrected chi connectivity index (χ1v) is 7.89. The summed E-state index contributed by atoms with van der Waals surface area (Å²) in [7, 11) is 0. The van der Waals surface area contributed by atoms with Crippen molar-refractivity contribution >= 4 is 11.3 Å². The Balaban J connectivity index is 1.76. The SMILES string of the molecule is Cc1nc(Cc2noc(C3NCCCC3(C)C)n2)cs1. The van der Waals surface area contributed by atoms with Gasteiger partial charge in [-0.15, -0.1) is 11.3 Å². The quantitative estimate of drug-likeness (QED) is 0.942. The van der Waals surface area contributed by atoms with E-state index in [9.17, 15) is 0 Å². The van der Waals surface area contributed by atoms with Crippen molar-refractivity contribution in [2.24, 2.45) is 5.41 Å². The van der Waals surface area contributed by atoms with Crippen molar-refractivity contribution in [3.8, 4) is 0 Å². The fourth-order valence-corrected chi connectivity index (χ4v) is 3.35. The summed E-state index contributed by atoms with van der Waals surface area (Å²) in [6.07, 6.45) is 3.01. The summed E-state index contributed by atoms with van der Waals surface area (Å²) in [5, 5.41) is 10.7. The minimum Gasteiger partial charge on any atom is -0.338 e. The van der Waals surface area contributed by atoms with Gasteiger partial charge in [0.1, 0.15) is 0 Å². The Morgan fingerprint density at radius 1 is 1.45 bits per heavy atom. The number of thiazole rings is 1. The van der Waals surface area contributed by atoms with E-state index in [0.29, 0.717) is 18.1 Å². The first kappa shape index (κ1) is 13.7. The van der Waals surface area contributed by atoms with E-state index in [-0.39, 0.29) is 11.5 Å². The monoisotopic (exact) mass is 292 g/mol. The molecule has 6 heteroatoms. The first-order valence-electron chi connectivity index (χ1n) is 7.01. The van der Waals surface area contributed by atoms with Crippen molar-refractivity contribution in [2.75, 3.05) is 6.54 Å². The Labute approximate surface area is 122 Å². The van der Waals surface area contributed by atoms with Gasteiger partial charge in [0.15, 0.2) is 5.82 Å². The normalized spacial score (nSPS) is 22.1. The number of aromatic nitrogens is 3. The summed E-state index contributed by atoms with van der Waals surface area (Å²) in [5.74, 6) is 1.42. The molecule has 3 rings (SSSR count). The van der Waals surface area contributed by atoms with E-state index in [4.69, 9.17) is 4.52 Å². The summed E-state index contributed by atoms with van der Waals surface area (Å²) < 4.78 is 5.47. The topological polar surface area (TPSA) is 63.8 Å². The van der Waals surface area contributed by atoms with Crippen molar-refractivity contribution in [2.45, 2.75) is 46.1 Å². The lowest BCUT2D eigenvalue weighted by molar-refractivity contribution is 0.146. The van der Waals surface area contributed by atoms with Crippen LogP contribution < -0.4 is 5.32 Å². The van der Waals surface area contributed by atoms with Crippen LogP contribution in [0.1, 0.15) is 55.1 Å². The molecule has 1 N–H and O–H groups in total. The molecular weight excluding hydrogens is 272 g/mol. The zero-order chi connectivity index (χ0) is 14.2. The third kappa shape index (κ3) is 2.76.